The van der Waals surface area contributed by atoms with Gasteiger partial charge in [-0.15, -0.1) is 0 Å². The van der Waals surface area contributed by atoms with Crippen LogP contribution in [0.1, 0.15) is 25.5 Å². The first kappa shape index (κ1) is 15.6. The number of methoxy groups -OCH3 is 1. The maximum Gasteiger partial charge on any atom is 0.0590 e. The molecule has 2 N–H and O–H groups in total. The molecule has 5 heteroatoms. The fraction of sp³-hybridized carbons (Fsp3) is 0.615. The Morgan fingerprint density at radius 2 is 2.17 bits per heavy atom. The third-order valence-electron chi connectivity index (χ3n) is 2.95. The summed E-state index contributed by atoms with van der Waals surface area (Å²) in [5.74, 6) is 0. The molecule has 0 aliphatic heterocycles. The third-order valence-corrected chi connectivity index (χ3v) is 3.38. The van der Waals surface area contributed by atoms with Crippen LogP contribution in [-0.2, 0) is 4.74 Å². The SMILES string of the molecule is COCCN(C(C)C)C(CN)c1cncc(Br)c1. The molecule has 0 fully saturated rings. The summed E-state index contributed by atoms with van der Waals surface area (Å²) in [6.45, 7) is 6.48. The number of nitrogens with zero attached hydrogens (tertiary/aromatic N) is 2. The van der Waals surface area contributed by atoms with Gasteiger partial charge in [0.2, 0.25) is 0 Å². The highest BCUT2D eigenvalue weighted by molar-refractivity contribution is 9.10. The van der Waals surface area contributed by atoms with E-state index in [-0.39, 0.29) is 6.04 Å². The van der Waals surface area contributed by atoms with Crippen LogP contribution in [0.15, 0.2) is 22.9 Å². The van der Waals surface area contributed by atoms with Crippen LogP contribution in [0.3, 0.4) is 0 Å². The molecule has 1 unspecified atom stereocenters. The van der Waals surface area contributed by atoms with E-state index < -0.39 is 0 Å². The topological polar surface area (TPSA) is 51.4 Å². The van der Waals surface area contributed by atoms with Crippen LogP contribution >= 0.6 is 15.9 Å². The van der Waals surface area contributed by atoms with E-state index in [1.807, 2.05) is 6.20 Å². The van der Waals surface area contributed by atoms with E-state index in [0.29, 0.717) is 19.2 Å². The van der Waals surface area contributed by atoms with Crippen molar-refractivity contribution in [2.45, 2.75) is 25.9 Å². The highest BCUT2D eigenvalue weighted by Crippen LogP contribution is 2.23. The van der Waals surface area contributed by atoms with Gasteiger partial charge >= 0.3 is 0 Å². The van der Waals surface area contributed by atoms with Crippen molar-refractivity contribution in [2.24, 2.45) is 5.73 Å². The minimum absolute atomic E-state index is 0.171. The number of pyridine rings is 1. The number of halogens is 1. The van der Waals surface area contributed by atoms with Crippen LogP contribution in [0.5, 0.6) is 0 Å². The fourth-order valence-corrected chi connectivity index (χ4v) is 2.43. The molecule has 0 aromatic carbocycles. The van der Waals surface area contributed by atoms with Gasteiger partial charge in [0.25, 0.3) is 0 Å². The van der Waals surface area contributed by atoms with Gasteiger partial charge in [0.05, 0.1) is 6.61 Å². The normalized spacial score (nSPS) is 13.3. The summed E-state index contributed by atoms with van der Waals surface area (Å²) in [5.41, 5.74) is 7.08. The van der Waals surface area contributed by atoms with E-state index in [9.17, 15) is 0 Å². The predicted octanol–water partition coefficient (Wildman–Crippen LogP) is 2.20. The van der Waals surface area contributed by atoms with E-state index in [4.69, 9.17) is 10.5 Å². The second-order valence-corrected chi connectivity index (χ2v) is 5.43. The average molecular weight is 316 g/mol. The summed E-state index contributed by atoms with van der Waals surface area (Å²) in [4.78, 5) is 6.55. The molecule has 0 saturated carbocycles. The number of hydrogen-bond donors (Lipinski definition) is 1. The van der Waals surface area contributed by atoms with Crippen molar-refractivity contribution < 1.29 is 4.74 Å². The summed E-state index contributed by atoms with van der Waals surface area (Å²) < 4.78 is 6.15. The van der Waals surface area contributed by atoms with Crippen molar-refractivity contribution in [3.05, 3.63) is 28.5 Å². The standard InChI is InChI=1S/C13H22BrN3O/c1-10(2)17(4-5-18-3)13(7-15)11-6-12(14)9-16-8-11/h6,8-10,13H,4-5,7,15H2,1-3H3. The monoisotopic (exact) mass is 315 g/mol. The highest BCUT2D eigenvalue weighted by atomic mass is 79.9. The summed E-state index contributed by atoms with van der Waals surface area (Å²) in [5, 5.41) is 0. The Bertz CT molecular complexity index is 360. The Balaban J connectivity index is 2.90. The molecule has 1 aromatic heterocycles. The molecule has 0 bridgehead atoms. The molecular weight excluding hydrogens is 294 g/mol. The predicted molar refractivity (Wildman–Crippen MR) is 77.5 cm³/mol. The molecule has 1 atom stereocenters. The Kier molecular flexibility index (Phi) is 6.78. The lowest BCUT2D eigenvalue weighted by Crippen LogP contribution is -2.40. The molecule has 0 saturated heterocycles. The maximum absolute atomic E-state index is 5.94. The Hall–Kier alpha value is -0.490. The minimum Gasteiger partial charge on any atom is -0.383 e. The lowest BCUT2D eigenvalue weighted by molar-refractivity contribution is 0.0978. The van der Waals surface area contributed by atoms with Gasteiger partial charge in [-0.2, -0.15) is 0 Å². The number of hydrogen-bond acceptors (Lipinski definition) is 4. The largest absolute Gasteiger partial charge is 0.383 e. The van der Waals surface area contributed by atoms with E-state index in [1.165, 1.54) is 0 Å². The smallest absolute Gasteiger partial charge is 0.0590 e. The molecule has 102 valence electrons. The van der Waals surface area contributed by atoms with Gasteiger partial charge in [0, 0.05) is 49.1 Å². The molecule has 1 aromatic rings. The summed E-state index contributed by atoms with van der Waals surface area (Å²) in [7, 11) is 1.72. The van der Waals surface area contributed by atoms with Gasteiger partial charge in [-0.1, -0.05) is 0 Å². The number of aromatic nitrogens is 1. The van der Waals surface area contributed by atoms with E-state index in [0.717, 1.165) is 16.6 Å². The first-order valence-electron chi connectivity index (χ1n) is 6.15. The van der Waals surface area contributed by atoms with Gasteiger partial charge in [0.15, 0.2) is 0 Å². The molecule has 1 heterocycles. The Morgan fingerprint density at radius 3 is 2.67 bits per heavy atom. The second-order valence-electron chi connectivity index (χ2n) is 4.51. The van der Waals surface area contributed by atoms with Gasteiger partial charge in [-0.3, -0.25) is 9.88 Å². The minimum atomic E-state index is 0.171. The van der Waals surface area contributed by atoms with E-state index in [1.54, 1.807) is 13.3 Å². The van der Waals surface area contributed by atoms with Gasteiger partial charge in [-0.05, 0) is 41.4 Å². The first-order valence-corrected chi connectivity index (χ1v) is 6.94. The molecule has 0 aliphatic carbocycles. The molecule has 4 nitrogen and oxygen atoms in total. The van der Waals surface area contributed by atoms with Crippen molar-refractivity contribution in [2.75, 3.05) is 26.8 Å². The Labute approximate surface area is 118 Å². The van der Waals surface area contributed by atoms with Crippen LogP contribution in [0.25, 0.3) is 0 Å². The zero-order valence-corrected chi connectivity index (χ0v) is 12.9. The average Bonchev–Trinajstić information content (AvgIpc) is 2.34. The van der Waals surface area contributed by atoms with Gasteiger partial charge in [-0.25, -0.2) is 0 Å². The fourth-order valence-electron chi connectivity index (χ4n) is 2.04. The van der Waals surface area contributed by atoms with Gasteiger partial charge < -0.3 is 10.5 Å². The van der Waals surface area contributed by atoms with Crippen molar-refractivity contribution in [3.63, 3.8) is 0 Å². The highest BCUT2D eigenvalue weighted by Gasteiger charge is 2.21. The Morgan fingerprint density at radius 1 is 1.44 bits per heavy atom. The maximum atomic E-state index is 5.94. The van der Waals surface area contributed by atoms with Crippen LogP contribution in [0.4, 0.5) is 0 Å². The van der Waals surface area contributed by atoms with Crippen LogP contribution in [-0.4, -0.2) is 42.7 Å². The first-order chi connectivity index (χ1) is 8.60. The summed E-state index contributed by atoms with van der Waals surface area (Å²) >= 11 is 3.45. The lowest BCUT2D eigenvalue weighted by atomic mass is 10.1. The molecule has 18 heavy (non-hydrogen) atoms. The molecular formula is C13H22BrN3O. The van der Waals surface area contributed by atoms with Crippen LogP contribution in [0, 0.1) is 0 Å². The number of ether oxygens (including phenoxy) is 1. The molecule has 0 radical (unpaired) electrons. The summed E-state index contributed by atoms with van der Waals surface area (Å²) in [6, 6.07) is 2.66. The lowest BCUT2D eigenvalue weighted by Gasteiger charge is -2.34. The molecule has 1 rings (SSSR count). The zero-order chi connectivity index (χ0) is 13.5. The quantitative estimate of drug-likeness (QED) is 0.838. The number of rotatable bonds is 7. The molecule has 0 aliphatic rings. The zero-order valence-electron chi connectivity index (χ0n) is 11.3. The van der Waals surface area contributed by atoms with E-state index >= 15 is 0 Å². The molecule has 0 amide bonds. The van der Waals surface area contributed by atoms with Crippen molar-refractivity contribution >= 4 is 15.9 Å². The van der Waals surface area contributed by atoms with Gasteiger partial charge in [0.1, 0.15) is 0 Å². The van der Waals surface area contributed by atoms with Crippen molar-refractivity contribution in [1.29, 1.82) is 0 Å². The second kappa shape index (κ2) is 7.84. The van der Waals surface area contributed by atoms with E-state index in [2.05, 4.69) is 45.7 Å². The van der Waals surface area contributed by atoms with Crippen LogP contribution < -0.4 is 5.73 Å². The summed E-state index contributed by atoms with van der Waals surface area (Å²) in [6.07, 6.45) is 3.66. The third kappa shape index (κ3) is 4.31. The molecule has 0 spiro atoms. The number of nitrogens with two attached hydrogens (primary N) is 1. The van der Waals surface area contributed by atoms with Crippen LogP contribution in [0.2, 0.25) is 0 Å². The van der Waals surface area contributed by atoms with Crippen molar-refractivity contribution in [1.82, 2.24) is 9.88 Å². The van der Waals surface area contributed by atoms with Crippen molar-refractivity contribution in [3.8, 4) is 0 Å².